The second kappa shape index (κ2) is 8.96. The van der Waals surface area contributed by atoms with Gasteiger partial charge in [-0.3, -0.25) is 4.99 Å². The summed E-state index contributed by atoms with van der Waals surface area (Å²) in [5, 5.41) is 0. The van der Waals surface area contributed by atoms with Crippen molar-refractivity contribution in [1.29, 1.82) is 0 Å². The minimum absolute atomic E-state index is 0.255. The maximum Gasteiger partial charge on any atom is 0.410 e. The number of amides is 1. The summed E-state index contributed by atoms with van der Waals surface area (Å²) < 4.78 is 5.39. The maximum absolute atomic E-state index is 12.0. The zero-order valence-corrected chi connectivity index (χ0v) is 15.3. The summed E-state index contributed by atoms with van der Waals surface area (Å²) in [5.74, 6) is 0.570. The molecule has 1 fully saturated rings. The number of nitrogens with two attached hydrogens (primary N) is 1. The van der Waals surface area contributed by atoms with Gasteiger partial charge in [0.25, 0.3) is 0 Å². The number of ether oxygens (including phenoxy) is 1. The molecule has 7 nitrogen and oxygen atoms in total. The summed E-state index contributed by atoms with van der Waals surface area (Å²) in [6, 6.07) is 0. The maximum atomic E-state index is 12.0. The average Bonchev–Trinajstić information content (AvgIpc) is 2.50. The Morgan fingerprint density at radius 2 is 1.65 bits per heavy atom. The molecule has 0 atom stereocenters. The molecule has 1 heterocycles. The molecular formula is C16H33N5O2. The van der Waals surface area contributed by atoms with Crippen LogP contribution >= 0.6 is 0 Å². The van der Waals surface area contributed by atoms with Crippen molar-refractivity contribution < 1.29 is 9.53 Å². The van der Waals surface area contributed by atoms with Gasteiger partial charge in [0.15, 0.2) is 5.96 Å². The van der Waals surface area contributed by atoms with Crippen LogP contribution in [0.25, 0.3) is 0 Å². The number of rotatable bonds is 5. The van der Waals surface area contributed by atoms with E-state index in [0.717, 1.165) is 19.6 Å². The van der Waals surface area contributed by atoms with Crippen LogP contribution < -0.4 is 5.73 Å². The lowest BCUT2D eigenvalue weighted by atomic mass is 10.2. The van der Waals surface area contributed by atoms with Gasteiger partial charge in [-0.1, -0.05) is 13.8 Å². The molecule has 0 aromatic rings. The normalized spacial score (nSPS) is 16.9. The number of nitrogens with zero attached hydrogens (tertiary/aromatic N) is 4. The molecule has 0 radical (unpaired) electrons. The van der Waals surface area contributed by atoms with Gasteiger partial charge in [0, 0.05) is 32.7 Å². The van der Waals surface area contributed by atoms with Crippen LogP contribution in [0.5, 0.6) is 0 Å². The molecule has 1 aliphatic heterocycles. The van der Waals surface area contributed by atoms with E-state index in [4.69, 9.17) is 10.5 Å². The van der Waals surface area contributed by atoms with Gasteiger partial charge in [-0.15, -0.1) is 0 Å². The molecular weight excluding hydrogens is 294 g/mol. The molecule has 23 heavy (non-hydrogen) atoms. The third-order valence-electron chi connectivity index (χ3n) is 3.84. The number of carbonyl (C=O) groups excluding carboxylic acids is 1. The first-order valence-corrected chi connectivity index (χ1v) is 8.52. The van der Waals surface area contributed by atoms with Crippen molar-refractivity contribution in [3.8, 4) is 0 Å². The zero-order valence-electron chi connectivity index (χ0n) is 15.3. The number of hydrogen-bond acceptors (Lipinski definition) is 4. The number of guanidine groups is 1. The van der Waals surface area contributed by atoms with Crippen LogP contribution in [0.1, 0.15) is 34.6 Å². The summed E-state index contributed by atoms with van der Waals surface area (Å²) in [6.07, 6.45) is -0.255. The van der Waals surface area contributed by atoms with Crippen LogP contribution in [0.15, 0.2) is 4.99 Å². The van der Waals surface area contributed by atoms with Gasteiger partial charge >= 0.3 is 6.09 Å². The summed E-state index contributed by atoms with van der Waals surface area (Å²) in [6.45, 7) is 16.2. The molecule has 1 saturated heterocycles. The van der Waals surface area contributed by atoms with E-state index in [9.17, 15) is 4.79 Å². The van der Waals surface area contributed by atoms with Gasteiger partial charge in [0.1, 0.15) is 5.60 Å². The first-order chi connectivity index (χ1) is 10.8. The molecule has 1 aliphatic rings. The summed E-state index contributed by atoms with van der Waals surface area (Å²) >= 11 is 0. The molecule has 0 unspecified atom stereocenters. The Bertz CT molecular complexity index is 394. The highest BCUT2D eigenvalue weighted by Crippen LogP contribution is 2.11. The predicted octanol–water partition coefficient (Wildman–Crippen LogP) is 1.20. The molecule has 0 spiro atoms. The first kappa shape index (κ1) is 19.5. The Morgan fingerprint density at radius 1 is 1.13 bits per heavy atom. The van der Waals surface area contributed by atoms with Gasteiger partial charge in [-0.05, 0) is 33.9 Å². The smallest absolute Gasteiger partial charge is 0.410 e. The average molecular weight is 327 g/mol. The Balaban J connectivity index is 2.38. The van der Waals surface area contributed by atoms with E-state index in [2.05, 4.69) is 23.7 Å². The van der Waals surface area contributed by atoms with Crippen molar-refractivity contribution in [1.82, 2.24) is 14.7 Å². The third-order valence-corrected chi connectivity index (χ3v) is 3.84. The van der Waals surface area contributed by atoms with Crippen molar-refractivity contribution >= 4 is 12.1 Å². The van der Waals surface area contributed by atoms with Crippen molar-refractivity contribution in [3.05, 3.63) is 0 Å². The molecule has 0 aromatic carbocycles. The van der Waals surface area contributed by atoms with Crippen molar-refractivity contribution in [2.45, 2.75) is 40.2 Å². The molecule has 134 valence electrons. The number of likely N-dealkylation sites (N-methyl/N-ethyl adjacent to an activating group) is 1. The Morgan fingerprint density at radius 3 is 2.13 bits per heavy atom. The van der Waals surface area contributed by atoms with Crippen LogP contribution in [0.3, 0.4) is 0 Å². The lowest BCUT2D eigenvalue weighted by Gasteiger charge is -2.36. The standard InChI is InChI=1S/C16H33N5O2/c1-6-19(7-2)9-8-18-14(17)20-10-12-21(13-11-20)15(22)23-16(3,4)5/h6-13H2,1-5H3,(H2,17,18). The van der Waals surface area contributed by atoms with Gasteiger partial charge in [-0.2, -0.15) is 0 Å². The van der Waals surface area contributed by atoms with E-state index in [0.29, 0.717) is 38.7 Å². The molecule has 1 rings (SSSR count). The fourth-order valence-corrected chi connectivity index (χ4v) is 2.39. The lowest BCUT2D eigenvalue weighted by molar-refractivity contribution is 0.0186. The van der Waals surface area contributed by atoms with Crippen LogP contribution in [0, 0.1) is 0 Å². The van der Waals surface area contributed by atoms with E-state index in [-0.39, 0.29) is 6.09 Å². The topological polar surface area (TPSA) is 74.4 Å². The first-order valence-electron chi connectivity index (χ1n) is 8.52. The van der Waals surface area contributed by atoms with Gasteiger partial charge in [0.2, 0.25) is 0 Å². The molecule has 0 aliphatic carbocycles. The molecule has 7 heteroatoms. The third kappa shape index (κ3) is 7.07. The molecule has 0 aromatic heterocycles. The Labute approximate surface area is 140 Å². The predicted molar refractivity (Wildman–Crippen MR) is 93.7 cm³/mol. The van der Waals surface area contributed by atoms with Crippen LogP contribution in [-0.2, 0) is 4.74 Å². The second-order valence-corrected chi connectivity index (χ2v) is 6.72. The second-order valence-electron chi connectivity index (χ2n) is 6.72. The highest BCUT2D eigenvalue weighted by Gasteiger charge is 2.26. The van der Waals surface area contributed by atoms with E-state index in [1.165, 1.54) is 0 Å². The molecule has 0 saturated carbocycles. The monoisotopic (exact) mass is 327 g/mol. The highest BCUT2D eigenvalue weighted by molar-refractivity contribution is 5.78. The number of piperazine rings is 1. The highest BCUT2D eigenvalue weighted by atomic mass is 16.6. The largest absolute Gasteiger partial charge is 0.444 e. The fourth-order valence-electron chi connectivity index (χ4n) is 2.39. The fraction of sp³-hybridized carbons (Fsp3) is 0.875. The van der Waals surface area contributed by atoms with E-state index < -0.39 is 5.60 Å². The number of hydrogen-bond donors (Lipinski definition) is 1. The zero-order chi connectivity index (χ0) is 17.5. The van der Waals surface area contributed by atoms with Crippen molar-refractivity contribution in [3.63, 3.8) is 0 Å². The lowest BCUT2D eigenvalue weighted by Crippen LogP contribution is -2.53. The van der Waals surface area contributed by atoms with E-state index in [1.807, 2.05) is 25.7 Å². The van der Waals surface area contributed by atoms with Crippen LogP contribution in [0.4, 0.5) is 4.79 Å². The van der Waals surface area contributed by atoms with E-state index >= 15 is 0 Å². The molecule has 2 N–H and O–H groups in total. The molecule has 0 bridgehead atoms. The summed E-state index contributed by atoms with van der Waals surface area (Å²) in [4.78, 5) is 22.6. The van der Waals surface area contributed by atoms with Crippen LogP contribution in [0.2, 0.25) is 0 Å². The van der Waals surface area contributed by atoms with Gasteiger partial charge < -0.3 is 25.2 Å². The van der Waals surface area contributed by atoms with Crippen molar-refractivity contribution in [2.24, 2.45) is 10.7 Å². The summed E-state index contributed by atoms with van der Waals surface area (Å²) in [5.41, 5.74) is 5.60. The number of carbonyl (C=O) groups is 1. The van der Waals surface area contributed by atoms with Gasteiger partial charge in [-0.25, -0.2) is 4.79 Å². The van der Waals surface area contributed by atoms with Gasteiger partial charge in [0.05, 0.1) is 6.54 Å². The Hall–Kier alpha value is -1.50. The summed E-state index contributed by atoms with van der Waals surface area (Å²) in [7, 11) is 0. The molecule has 1 amide bonds. The van der Waals surface area contributed by atoms with Crippen molar-refractivity contribution in [2.75, 3.05) is 52.4 Å². The minimum atomic E-state index is -0.459. The SMILES string of the molecule is CCN(CC)CCN=C(N)N1CCN(C(=O)OC(C)(C)C)CC1. The Kier molecular flexibility index (Phi) is 7.61. The van der Waals surface area contributed by atoms with E-state index in [1.54, 1.807) is 4.90 Å². The van der Waals surface area contributed by atoms with Crippen LogP contribution in [-0.4, -0.2) is 84.7 Å². The number of aliphatic imine (C=N–C) groups is 1. The quantitative estimate of drug-likeness (QED) is 0.606. The minimum Gasteiger partial charge on any atom is -0.444 e.